The number of aliphatic carboxylic acids is 2. The van der Waals surface area contributed by atoms with E-state index in [0.717, 1.165) is 32.1 Å². The molecule has 0 aliphatic heterocycles. The molecular formula is C16H28O7. The van der Waals surface area contributed by atoms with Crippen molar-refractivity contribution in [1.29, 1.82) is 0 Å². The Kier molecular flexibility index (Phi) is 10.2. The summed E-state index contributed by atoms with van der Waals surface area (Å²) in [5, 5.41) is 27.5. The van der Waals surface area contributed by atoms with Crippen LogP contribution < -0.4 is 0 Å². The average molecular weight is 332 g/mol. The normalized spacial score (nSPS) is 14.7. The number of hydrogen-bond acceptors (Lipinski definition) is 5. The van der Waals surface area contributed by atoms with Gasteiger partial charge in [-0.15, -0.1) is 0 Å². The summed E-state index contributed by atoms with van der Waals surface area (Å²) < 4.78 is 5.24. The van der Waals surface area contributed by atoms with Crippen molar-refractivity contribution < 1.29 is 34.4 Å². The summed E-state index contributed by atoms with van der Waals surface area (Å²) >= 11 is 0. The number of rotatable bonds is 13. The molecule has 23 heavy (non-hydrogen) atoms. The van der Waals surface area contributed by atoms with Gasteiger partial charge in [-0.1, -0.05) is 39.5 Å². The molecule has 3 N–H and O–H groups in total. The molecule has 7 nitrogen and oxygen atoms in total. The molecule has 0 amide bonds. The maximum Gasteiger partial charge on any atom is 0.336 e. The topological polar surface area (TPSA) is 121 Å². The van der Waals surface area contributed by atoms with Crippen molar-refractivity contribution in [3.63, 3.8) is 0 Å². The zero-order chi connectivity index (χ0) is 17.9. The molecule has 134 valence electrons. The third-order valence-electron chi connectivity index (χ3n) is 3.57. The van der Waals surface area contributed by atoms with Crippen molar-refractivity contribution in [2.24, 2.45) is 0 Å². The van der Waals surface area contributed by atoms with Gasteiger partial charge in [0.05, 0.1) is 12.8 Å². The first-order chi connectivity index (χ1) is 10.7. The van der Waals surface area contributed by atoms with Crippen LogP contribution in [0, 0.1) is 0 Å². The Balaban J connectivity index is 4.58. The molecule has 0 saturated carbocycles. The second-order valence-corrected chi connectivity index (χ2v) is 5.83. The lowest BCUT2D eigenvalue weighted by molar-refractivity contribution is -0.173. The van der Waals surface area contributed by atoms with Crippen molar-refractivity contribution in [3.05, 3.63) is 0 Å². The minimum Gasteiger partial charge on any atom is -0.481 e. The molecule has 2 unspecified atom stereocenters. The van der Waals surface area contributed by atoms with Gasteiger partial charge in [0, 0.05) is 0 Å². The molecule has 0 heterocycles. The predicted molar refractivity (Wildman–Crippen MR) is 83.0 cm³/mol. The first-order valence-corrected chi connectivity index (χ1v) is 8.12. The first-order valence-electron chi connectivity index (χ1n) is 8.12. The van der Waals surface area contributed by atoms with E-state index < -0.39 is 36.4 Å². The average Bonchev–Trinajstić information content (AvgIpc) is 2.42. The Morgan fingerprint density at radius 3 is 2.09 bits per heavy atom. The highest BCUT2D eigenvalue weighted by Gasteiger charge is 2.41. The van der Waals surface area contributed by atoms with Crippen LogP contribution in [0.5, 0.6) is 0 Å². The number of unbranched alkanes of at least 4 members (excludes halogenated alkanes) is 3. The highest BCUT2D eigenvalue weighted by Crippen LogP contribution is 2.20. The van der Waals surface area contributed by atoms with Crippen molar-refractivity contribution in [1.82, 2.24) is 0 Å². The third kappa shape index (κ3) is 9.18. The summed E-state index contributed by atoms with van der Waals surface area (Å²) in [7, 11) is 0. The van der Waals surface area contributed by atoms with Gasteiger partial charge in [0.15, 0.2) is 5.60 Å². The van der Waals surface area contributed by atoms with Crippen LogP contribution in [0.2, 0.25) is 0 Å². The number of carbonyl (C=O) groups excluding carboxylic acids is 1. The molecule has 7 heteroatoms. The largest absolute Gasteiger partial charge is 0.481 e. The minimum atomic E-state index is -2.64. The van der Waals surface area contributed by atoms with Gasteiger partial charge in [0.25, 0.3) is 0 Å². The summed E-state index contributed by atoms with van der Waals surface area (Å²) in [6, 6.07) is 0. The van der Waals surface area contributed by atoms with E-state index in [9.17, 15) is 19.5 Å². The molecule has 0 aromatic rings. The van der Waals surface area contributed by atoms with E-state index in [0.29, 0.717) is 12.8 Å². The summed E-state index contributed by atoms with van der Waals surface area (Å²) in [6.45, 7) is 4.05. The molecule has 0 radical (unpaired) electrons. The zero-order valence-electron chi connectivity index (χ0n) is 13.9. The molecule has 0 rings (SSSR count). The van der Waals surface area contributed by atoms with Gasteiger partial charge in [-0.05, 0) is 19.3 Å². The van der Waals surface area contributed by atoms with Crippen molar-refractivity contribution in [3.8, 4) is 0 Å². The van der Waals surface area contributed by atoms with E-state index in [4.69, 9.17) is 14.9 Å². The molecule has 2 atom stereocenters. The Morgan fingerprint density at radius 2 is 1.61 bits per heavy atom. The molecule has 0 bridgehead atoms. The van der Waals surface area contributed by atoms with E-state index in [2.05, 4.69) is 6.92 Å². The fourth-order valence-corrected chi connectivity index (χ4v) is 2.31. The van der Waals surface area contributed by atoms with Crippen LogP contribution in [0.25, 0.3) is 0 Å². The number of ether oxygens (including phenoxy) is 1. The SMILES string of the molecule is CCCCCCC(CCC)OC(=O)CC(O)(CC(=O)O)C(=O)O. The zero-order valence-corrected chi connectivity index (χ0v) is 13.9. The number of carboxylic acid groups (broad SMARTS) is 2. The van der Waals surface area contributed by atoms with Crippen LogP contribution >= 0.6 is 0 Å². The molecular weight excluding hydrogens is 304 g/mol. The van der Waals surface area contributed by atoms with Crippen molar-refractivity contribution in [2.75, 3.05) is 0 Å². The van der Waals surface area contributed by atoms with Gasteiger partial charge in [-0.25, -0.2) is 4.79 Å². The standard InChI is InChI=1S/C16H28O7/c1-3-5-6-7-9-12(8-4-2)23-14(19)11-16(22,15(20)21)10-13(17)18/h12,22H,3-11H2,1-2H3,(H,17,18)(H,20,21). The number of carboxylic acids is 2. The fraction of sp³-hybridized carbons (Fsp3) is 0.812. The monoisotopic (exact) mass is 332 g/mol. The summed E-state index contributed by atoms with van der Waals surface area (Å²) in [6.07, 6.45) is 4.04. The lowest BCUT2D eigenvalue weighted by atomic mass is 9.96. The number of hydrogen-bond donors (Lipinski definition) is 3. The lowest BCUT2D eigenvalue weighted by Gasteiger charge is -2.23. The van der Waals surface area contributed by atoms with E-state index in [1.807, 2.05) is 6.92 Å². The van der Waals surface area contributed by atoms with E-state index in [1.165, 1.54) is 0 Å². The first kappa shape index (κ1) is 21.4. The number of carbonyl (C=O) groups is 3. The van der Waals surface area contributed by atoms with Crippen LogP contribution in [0.3, 0.4) is 0 Å². The van der Waals surface area contributed by atoms with Crippen molar-refractivity contribution >= 4 is 17.9 Å². The summed E-state index contributed by atoms with van der Waals surface area (Å²) in [5.41, 5.74) is -2.64. The van der Waals surface area contributed by atoms with E-state index in [-0.39, 0.29) is 6.10 Å². The molecule has 0 aliphatic rings. The maximum atomic E-state index is 11.9. The summed E-state index contributed by atoms with van der Waals surface area (Å²) in [4.78, 5) is 33.6. The third-order valence-corrected chi connectivity index (χ3v) is 3.57. The van der Waals surface area contributed by atoms with Crippen LogP contribution in [0.4, 0.5) is 0 Å². The van der Waals surface area contributed by atoms with Crippen LogP contribution in [0.15, 0.2) is 0 Å². The number of aliphatic hydroxyl groups is 1. The predicted octanol–water partition coefficient (Wildman–Crippen LogP) is 2.35. The van der Waals surface area contributed by atoms with Crippen LogP contribution in [0.1, 0.15) is 71.6 Å². The second-order valence-electron chi connectivity index (χ2n) is 5.83. The van der Waals surface area contributed by atoms with Gasteiger partial charge >= 0.3 is 17.9 Å². The van der Waals surface area contributed by atoms with Gasteiger partial charge in [0.2, 0.25) is 0 Å². The Bertz CT molecular complexity index is 394. The maximum absolute atomic E-state index is 11.9. The second kappa shape index (κ2) is 11.0. The number of esters is 1. The Morgan fingerprint density at radius 1 is 0.957 bits per heavy atom. The van der Waals surface area contributed by atoms with Gasteiger partial charge in [-0.3, -0.25) is 9.59 Å². The molecule has 0 fully saturated rings. The van der Waals surface area contributed by atoms with Crippen LogP contribution in [-0.2, 0) is 19.1 Å². The molecule has 0 spiro atoms. The highest BCUT2D eigenvalue weighted by atomic mass is 16.5. The smallest absolute Gasteiger partial charge is 0.336 e. The quantitative estimate of drug-likeness (QED) is 0.349. The fourth-order valence-electron chi connectivity index (χ4n) is 2.31. The van der Waals surface area contributed by atoms with E-state index in [1.54, 1.807) is 0 Å². The highest BCUT2D eigenvalue weighted by molar-refractivity contribution is 5.88. The van der Waals surface area contributed by atoms with Crippen LogP contribution in [-0.4, -0.2) is 44.9 Å². The molecule has 0 aromatic carbocycles. The summed E-state index contributed by atoms with van der Waals surface area (Å²) in [5.74, 6) is -4.12. The minimum absolute atomic E-state index is 0.327. The molecule has 0 aliphatic carbocycles. The van der Waals surface area contributed by atoms with Gasteiger partial charge in [-0.2, -0.15) is 0 Å². The van der Waals surface area contributed by atoms with Gasteiger partial charge in [0.1, 0.15) is 6.10 Å². The Hall–Kier alpha value is -1.63. The van der Waals surface area contributed by atoms with E-state index >= 15 is 0 Å². The lowest BCUT2D eigenvalue weighted by Crippen LogP contribution is -2.43. The molecule has 0 aromatic heterocycles. The van der Waals surface area contributed by atoms with Crippen molar-refractivity contribution in [2.45, 2.75) is 83.3 Å². The molecule has 0 saturated heterocycles. The Labute approximate surface area is 136 Å². The van der Waals surface area contributed by atoms with Gasteiger partial charge < -0.3 is 20.1 Å².